The summed E-state index contributed by atoms with van der Waals surface area (Å²) in [5.41, 5.74) is 8.66. The number of halogens is 2. The van der Waals surface area contributed by atoms with Crippen molar-refractivity contribution in [2.45, 2.75) is 92.9 Å². The number of aryl methyl sites for hydroxylation is 2. The van der Waals surface area contributed by atoms with Gasteiger partial charge in [0.05, 0.1) is 0 Å². The third-order valence-corrected chi connectivity index (χ3v) is 7.23. The SMILES string of the molecule is Cc1cc2c(C(C)C)cc(C(C)C)cc2[cH-]1.Cc1cc2c(C(C)C)cc(C(C)C)cc2[cH-]1.Cl.Cl.[CH3-].[Si]=[Zr].[c-]1ccccc1. The third kappa shape index (κ3) is 12.8. The average Bonchev–Trinajstić information content (AvgIpc) is 3.50. The first kappa shape index (κ1) is 43.7. The fourth-order valence-electron chi connectivity index (χ4n) is 5.01. The Morgan fingerprint density at radius 1 is 0.558 bits per heavy atom. The number of benzene rings is 3. The van der Waals surface area contributed by atoms with E-state index in [4.69, 9.17) is 0 Å². The molecule has 0 aliphatic heterocycles. The summed E-state index contributed by atoms with van der Waals surface area (Å²) in [6, 6.07) is 31.2. The van der Waals surface area contributed by atoms with Crippen LogP contribution in [0.25, 0.3) is 21.5 Å². The molecule has 0 N–H and O–H groups in total. The van der Waals surface area contributed by atoms with Crippen molar-refractivity contribution in [2.75, 3.05) is 0 Å². The predicted molar refractivity (Wildman–Crippen MR) is 197 cm³/mol. The van der Waals surface area contributed by atoms with Gasteiger partial charge in [-0.3, -0.25) is 0 Å². The molecule has 5 aromatic rings. The Balaban J connectivity index is 0. The van der Waals surface area contributed by atoms with Gasteiger partial charge in [-0.25, -0.2) is 0 Å². The first-order valence-corrected chi connectivity index (χ1v) is 18.7. The maximum Gasteiger partial charge on any atom is -0.171 e. The summed E-state index contributed by atoms with van der Waals surface area (Å²) in [6.45, 7) is 25.6. The molecule has 0 aliphatic carbocycles. The van der Waals surface area contributed by atoms with Gasteiger partial charge in [-0.05, 0) is 23.7 Å². The summed E-state index contributed by atoms with van der Waals surface area (Å²) in [7, 11) is 0. The number of hydrogen-bond acceptors (Lipinski definition) is 0. The van der Waals surface area contributed by atoms with E-state index in [9.17, 15) is 0 Å². The fraction of sp³-hybridized carbons (Fsp3) is 0.359. The molecule has 0 heterocycles. The topological polar surface area (TPSA) is 0 Å². The predicted octanol–water partition coefficient (Wildman–Crippen LogP) is 12.6. The Bertz CT molecular complexity index is 1340. The number of hydrogen-bond donors (Lipinski definition) is 0. The van der Waals surface area contributed by atoms with Gasteiger partial charge in [-0.1, -0.05) is 104 Å². The zero-order valence-electron chi connectivity index (χ0n) is 28.1. The molecule has 0 aromatic heterocycles. The van der Waals surface area contributed by atoms with E-state index in [-0.39, 0.29) is 32.2 Å². The van der Waals surface area contributed by atoms with E-state index in [1.165, 1.54) is 78.3 Å². The Morgan fingerprint density at radius 2 is 0.907 bits per heavy atom. The van der Waals surface area contributed by atoms with Crippen LogP contribution < -0.4 is 0 Å². The van der Waals surface area contributed by atoms with E-state index in [0.717, 1.165) is 0 Å². The first-order chi connectivity index (χ1) is 19.0. The van der Waals surface area contributed by atoms with Crippen LogP contribution in [0.4, 0.5) is 0 Å². The first-order valence-electron chi connectivity index (χ1n) is 14.6. The molecule has 0 saturated heterocycles. The Labute approximate surface area is 293 Å². The van der Waals surface area contributed by atoms with E-state index in [2.05, 4.69) is 131 Å². The van der Waals surface area contributed by atoms with Gasteiger partial charge in [0.15, 0.2) is 0 Å². The maximum atomic E-state index is 3.06. The van der Waals surface area contributed by atoms with Gasteiger partial charge < -0.3 is 7.43 Å². The van der Waals surface area contributed by atoms with Crippen LogP contribution in [-0.4, -0.2) is 6.88 Å². The van der Waals surface area contributed by atoms with Gasteiger partial charge in [0.2, 0.25) is 0 Å². The standard InChI is InChI=1S/2C16H21.C6H5.CH3.2ClH.Si.Zr/c2*1-10(2)13-8-14-6-12(5)7-16(14)15(9-13)11(3)4;1-2-4-6-5-3-1;;;;;/h2*6-11H,1-5H3;1-5H;1H3;2*1H;;/q4*-1;;;;. The summed E-state index contributed by atoms with van der Waals surface area (Å²) in [6.07, 6.45) is 0. The minimum absolute atomic E-state index is 0. The van der Waals surface area contributed by atoms with Crippen molar-refractivity contribution in [3.8, 4) is 0 Å². The molecule has 5 rings (SSSR count). The zero-order valence-corrected chi connectivity index (χ0v) is 33.2. The van der Waals surface area contributed by atoms with Crippen LogP contribution in [-0.2, 0) is 23.3 Å². The second-order valence-corrected chi connectivity index (χ2v) is 12.0. The van der Waals surface area contributed by atoms with Crippen molar-refractivity contribution in [1.82, 2.24) is 0 Å². The zero-order chi connectivity index (χ0) is 30.0. The van der Waals surface area contributed by atoms with Crippen LogP contribution in [0.3, 0.4) is 0 Å². The molecule has 0 aliphatic rings. The molecule has 2 radical (unpaired) electrons. The van der Waals surface area contributed by atoms with Gasteiger partial charge >= 0.3 is 30.2 Å². The van der Waals surface area contributed by atoms with Crippen LogP contribution in [0.2, 0.25) is 0 Å². The van der Waals surface area contributed by atoms with Crippen LogP contribution in [0.5, 0.6) is 0 Å². The number of fused-ring (bicyclic) bond motifs is 2. The van der Waals surface area contributed by atoms with Crippen LogP contribution in [0.1, 0.15) is 112 Å². The van der Waals surface area contributed by atoms with Crippen LogP contribution in [0.15, 0.2) is 78.9 Å². The monoisotopic (exact) mass is 708 g/mol. The molecular formula is C39H52Cl2SiZr-4. The van der Waals surface area contributed by atoms with Crippen molar-refractivity contribution in [3.63, 3.8) is 0 Å². The van der Waals surface area contributed by atoms with Crippen molar-refractivity contribution in [2.24, 2.45) is 0 Å². The molecule has 0 saturated carbocycles. The van der Waals surface area contributed by atoms with E-state index in [1.807, 2.05) is 30.3 Å². The van der Waals surface area contributed by atoms with Gasteiger partial charge in [0.25, 0.3) is 0 Å². The summed E-state index contributed by atoms with van der Waals surface area (Å²) in [4.78, 5) is 0. The van der Waals surface area contributed by atoms with Crippen molar-refractivity contribution in [1.29, 1.82) is 0 Å². The molecule has 0 unspecified atom stereocenters. The fourth-order valence-corrected chi connectivity index (χ4v) is 5.01. The number of rotatable bonds is 4. The molecule has 0 nitrogen and oxygen atoms in total. The summed E-state index contributed by atoms with van der Waals surface area (Å²) < 4.78 is 0. The molecule has 0 fully saturated rings. The van der Waals surface area contributed by atoms with Crippen LogP contribution in [0, 0.1) is 27.3 Å². The van der Waals surface area contributed by atoms with E-state index >= 15 is 0 Å². The molecule has 4 heteroatoms. The summed E-state index contributed by atoms with van der Waals surface area (Å²) in [5.74, 6) is 2.42. The molecule has 0 atom stereocenters. The Hall–Kier alpha value is -1.44. The van der Waals surface area contributed by atoms with Gasteiger partial charge in [0.1, 0.15) is 0 Å². The largest absolute Gasteiger partial charge is 0.184 e. The van der Waals surface area contributed by atoms with Crippen molar-refractivity contribution in [3.05, 3.63) is 126 Å². The van der Waals surface area contributed by atoms with Gasteiger partial charge in [-0.2, -0.15) is 48.5 Å². The molecule has 5 aromatic carbocycles. The molecule has 0 spiro atoms. The van der Waals surface area contributed by atoms with E-state index in [0.29, 0.717) is 23.7 Å². The average molecular weight is 711 g/mol. The molecule has 43 heavy (non-hydrogen) atoms. The molecule has 0 bridgehead atoms. The minimum atomic E-state index is 0. The molecule has 234 valence electrons. The molecule has 0 amide bonds. The summed E-state index contributed by atoms with van der Waals surface area (Å²) >= 11 is 1.36. The smallest absolute Gasteiger partial charge is 0.171 e. The third-order valence-electron chi connectivity index (χ3n) is 7.23. The van der Waals surface area contributed by atoms with Crippen molar-refractivity contribution >= 4 is 53.2 Å². The second kappa shape index (κ2) is 21.3. The van der Waals surface area contributed by atoms with Crippen molar-refractivity contribution < 1.29 is 23.3 Å². The maximum absolute atomic E-state index is 3.06. The Morgan fingerprint density at radius 3 is 1.14 bits per heavy atom. The normalized spacial score (nSPS) is 10.1. The Kier molecular flexibility index (Phi) is 21.7. The van der Waals surface area contributed by atoms with Gasteiger partial charge in [0, 0.05) is 0 Å². The summed E-state index contributed by atoms with van der Waals surface area (Å²) in [5, 5.41) is 5.70. The quantitative estimate of drug-likeness (QED) is 0.129. The second-order valence-electron chi connectivity index (χ2n) is 12.0. The van der Waals surface area contributed by atoms with E-state index < -0.39 is 0 Å². The van der Waals surface area contributed by atoms with Gasteiger partial charge in [-0.15, -0.1) is 81.8 Å². The van der Waals surface area contributed by atoms with Crippen LogP contribution >= 0.6 is 24.8 Å². The minimum Gasteiger partial charge on any atom is -0.184 e. The molecular weight excluding hydrogens is 659 g/mol. The van der Waals surface area contributed by atoms with E-state index in [1.54, 1.807) is 0 Å².